The molecule has 1 aromatic heterocycles. The van der Waals surface area contributed by atoms with Crippen molar-refractivity contribution in [2.24, 2.45) is 5.92 Å². The molecular weight excluding hydrogens is 234 g/mol. The molecule has 0 aromatic carbocycles. The summed E-state index contributed by atoms with van der Waals surface area (Å²) < 4.78 is 0. The molecule has 3 heteroatoms. The number of fused-ring (bicyclic) bond motifs is 1. The van der Waals surface area contributed by atoms with Gasteiger partial charge in [0.25, 0.3) is 0 Å². The van der Waals surface area contributed by atoms with Crippen molar-refractivity contribution < 1.29 is 0 Å². The predicted molar refractivity (Wildman–Crippen MR) is 79.4 cm³/mol. The van der Waals surface area contributed by atoms with Crippen LogP contribution in [0, 0.1) is 5.92 Å². The monoisotopic (exact) mass is 261 g/mol. The van der Waals surface area contributed by atoms with Crippen molar-refractivity contribution in [3.8, 4) is 0 Å². The highest BCUT2D eigenvalue weighted by atomic mass is 14.9. The van der Waals surface area contributed by atoms with Gasteiger partial charge >= 0.3 is 0 Å². The Labute approximate surface area is 117 Å². The summed E-state index contributed by atoms with van der Waals surface area (Å²) in [6.45, 7) is 12.1. The standard InChI is InChI=1S/C16H27N3/c1-11(2)15-17-10-13-8-12(6-7-14(13)19-15)9-18-16(3,4)5/h10-12,18H,6-9H2,1-5H3. The third-order valence-electron chi connectivity index (χ3n) is 3.71. The quantitative estimate of drug-likeness (QED) is 0.908. The fraction of sp³-hybridized carbons (Fsp3) is 0.750. The van der Waals surface area contributed by atoms with Crippen molar-refractivity contribution in [2.75, 3.05) is 6.54 Å². The molecule has 0 bridgehead atoms. The normalized spacial score (nSPS) is 19.6. The van der Waals surface area contributed by atoms with Crippen LogP contribution in [0.15, 0.2) is 6.20 Å². The van der Waals surface area contributed by atoms with Gasteiger partial charge in [-0.25, -0.2) is 9.97 Å². The van der Waals surface area contributed by atoms with Crippen molar-refractivity contribution in [3.05, 3.63) is 23.3 Å². The van der Waals surface area contributed by atoms with Crippen molar-refractivity contribution in [1.82, 2.24) is 15.3 Å². The minimum Gasteiger partial charge on any atom is -0.312 e. The summed E-state index contributed by atoms with van der Waals surface area (Å²) >= 11 is 0. The molecule has 0 amide bonds. The maximum Gasteiger partial charge on any atom is 0.131 e. The van der Waals surface area contributed by atoms with Crippen LogP contribution in [0.2, 0.25) is 0 Å². The van der Waals surface area contributed by atoms with Gasteiger partial charge in [0.1, 0.15) is 5.82 Å². The second-order valence-electron chi connectivity index (χ2n) is 7.09. The van der Waals surface area contributed by atoms with E-state index < -0.39 is 0 Å². The van der Waals surface area contributed by atoms with E-state index >= 15 is 0 Å². The van der Waals surface area contributed by atoms with Gasteiger partial charge < -0.3 is 5.32 Å². The lowest BCUT2D eigenvalue weighted by molar-refractivity contribution is 0.346. The fourth-order valence-electron chi connectivity index (χ4n) is 2.50. The minimum atomic E-state index is 0.207. The van der Waals surface area contributed by atoms with Crippen LogP contribution >= 0.6 is 0 Å². The van der Waals surface area contributed by atoms with Crippen LogP contribution in [0.4, 0.5) is 0 Å². The van der Waals surface area contributed by atoms with E-state index in [-0.39, 0.29) is 5.54 Å². The van der Waals surface area contributed by atoms with Gasteiger partial charge in [0, 0.05) is 23.3 Å². The molecule has 0 aliphatic heterocycles. The predicted octanol–water partition coefficient (Wildman–Crippen LogP) is 3.09. The van der Waals surface area contributed by atoms with Crippen LogP contribution in [-0.4, -0.2) is 22.1 Å². The number of rotatable bonds is 3. The first kappa shape index (κ1) is 14.4. The molecule has 0 saturated heterocycles. The SMILES string of the molecule is CC(C)c1ncc2c(n1)CCC(CNC(C)(C)C)C2. The van der Waals surface area contributed by atoms with Gasteiger partial charge in [-0.2, -0.15) is 0 Å². The molecule has 1 heterocycles. The Bertz CT molecular complexity index is 432. The van der Waals surface area contributed by atoms with E-state index in [1.165, 1.54) is 17.7 Å². The van der Waals surface area contributed by atoms with Gasteiger partial charge in [-0.15, -0.1) is 0 Å². The Kier molecular flexibility index (Phi) is 4.24. The van der Waals surface area contributed by atoms with Gasteiger partial charge in [-0.1, -0.05) is 13.8 Å². The lowest BCUT2D eigenvalue weighted by Crippen LogP contribution is -2.40. The summed E-state index contributed by atoms with van der Waals surface area (Å²) in [6, 6.07) is 0. The average Bonchev–Trinajstić information content (AvgIpc) is 2.34. The number of nitrogens with one attached hydrogen (secondary N) is 1. The third kappa shape index (κ3) is 4.00. The Morgan fingerprint density at radius 3 is 2.74 bits per heavy atom. The number of hydrogen-bond donors (Lipinski definition) is 1. The number of aromatic nitrogens is 2. The second-order valence-corrected chi connectivity index (χ2v) is 7.09. The summed E-state index contributed by atoms with van der Waals surface area (Å²) in [5, 5.41) is 3.61. The van der Waals surface area contributed by atoms with E-state index in [9.17, 15) is 0 Å². The first-order valence-electron chi connectivity index (χ1n) is 7.45. The number of nitrogens with zero attached hydrogens (tertiary/aromatic N) is 2. The van der Waals surface area contributed by atoms with Crippen LogP contribution in [-0.2, 0) is 12.8 Å². The zero-order chi connectivity index (χ0) is 14.0. The van der Waals surface area contributed by atoms with E-state index in [0.717, 1.165) is 31.1 Å². The Morgan fingerprint density at radius 2 is 2.11 bits per heavy atom. The molecule has 0 radical (unpaired) electrons. The first-order chi connectivity index (χ1) is 8.85. The van der Waals surface area contributed by atoms with Crippen molar-refractivity contribution in [1.29, 1.82) is 0 Å². The lowest BCUT2D eigenvalue weighted by Gasteiger charge is -2.28. The van der Waals surface area contributed by atoms with Crippen LogP contribution in [0.5, 0.6) is 0 Å². The summed E-state index contributed by atoms with van der Waals surface area (Å²) in [4.78, 5) is 9.23. The van der Waals surface area contributed by atoms with E-state index in [4.69, 9.17) is 4.98 Å². The van der Waals surface area contributed by atoms with Crippen molar-refractivity contribution >= 4 is 0 Å². The molecule has 1 aliphatic carbocycles. The van der Waals surface area contributed by atoms with Gasteiger partial charge in [-0.3, -0.25) is 0 Å². The molecule has 2 rings (SSSR count). The molecular formula is C16H27N3. The Morgan fingerprint density at radius 1 is 1.37 bits per heavy atom. The maximum absolute atomic E-state index is 4.72. The van der Waals surface area contributed by atoms with Crippen LogP contribution in [0.1, 0.15) is 64.0 Å². The van der Waals surface area contributed by atoms with E-state index in [1.807, 2.05) is 0 Å². The summed E-state index contributed by atoms with van der Waals surface area (Å²) in [5.41, 5.74) is 2.85. The van der Waals surface area contributed by atoms with Gasteiger partial charge in [-0.05, 0) is 58.1 Å². The first-order valence-corrected chi connectivity index (χ1v) is 7.45. The molecule has 3 nitrogen and oxygen atoms in total. The highest BCUT2D eigenvalue weighted by Crippen LogP contribution is 2.25. The molecule has 0 saturated carbocycles. The lowest BCUT2D eigenvalue weighted by atomic mass is 9.86. The highest BCUT2D eigenvalue weighted by molar-refractivity contribution is 5.22. The minimum absolute atomic E-state index is 0.207. The molecule has 1 unspecified atom stereocenters. The summed E-state index contributed by atoms with van der Waals surface area (Å²) in [7, 11) is 0. The molecule has 0 spiro atoms. The van der Waals surface area contributed by atoms with Crippen LogP contribution < -0.4 is 5.32 Å². The van der Waals surface area contributed by atoms with Crippen LogP contribution in [0.3, 0.4) is 0 Å². The van der Waals surface area contributed by atoms with Gasteiger partial charge in [0.15, 0.2) is 0 Å². The highest BCUT2D eigenvalue weighted by Gasteiger charge is 2.22. The van der Waals surface area contributed by atoms with Gasteiger partial charge in [0.05, 0.1) is 0 Å². The number of aryl methyl sites for hydroxylation is 1. The number of hydrogen-bond acceptors (Lipinski definition) is 3. The smallest absolute Gasteiger partial charge is 0.131 e. The molecule has 1 N–H and O–H groups in total. The van der Waals surface area contributed by atoms with Crippen molar-refractivity contribution in [2.45, 2.75) is 65.3 Å². The van der Waals surface area contributed by atoms with E-state index in [0.29, 0.717) is 5.92 Å². The molecule has 106 valence electrons. The zero-order valence-corrected chi connectivity index (χ0v) is 13.0. The molecule has 19 heavy (non-hydrogen) atoms. The average molecular weight is 261 g/mol. The Balaban J connectivity index is 2.00. The summed E-state index contributed by atoms with van der Waals surface area (Å²) in [5.74, 6) is 2.14. The molecule has 1 aromatic rings. The largest absolute Gasteiger partial charge is 0.312 e. The van der Waals surface area contributed by atoms with Crippen LogP contribution in [0.25, 0.3) is 0 Å². The van der Waals surface area contributed by atoms with E-state index in [1.54, 1.807) is 0 Å². The third-order valence-corrected chi connectivity index (χ3v) is 3.71. The van der Waals surface area contributed by atoms with Gasteiger partial charge in [0.2, 0.25) is 0 Å². The zero-order valence-electron chi connectivity index (χ0n) is 13.0. The maximum atomic E-state index is 4.72. The Hall–Kier alpha value is -0.960. The molecule has 1 aliphatic rings. The summed E-state index contributed by atoms with van der Waals surface area (Å²) in [6.07, 6.45) is 5.52. The fourth-order valence-corrected chi connectivity index (χ4v) is 2.50. The van der Waals surface area contributed by atoms with E-state index in [2.05, 4.69) is 51.1 Å². The van der Waals surface area contributed by atoms with Crippen molar-refractivity contribution in [3.63, 3.8) is 0 Å². The second kappa shape index (κ2) is 5.58. The molecule has 0 fully saturated rings. The topological polar surface area (TPSA) is 37.8 Å². The molecule has 1 atom stereocenters.